The lowest BCUT2D eigenvalue weighted by molar-refractivity contribution is -0.137. The summed E-state index contributed by atoms with van der Waals surface area (Å²) < 4.78 is 38.0. The number of alkyl halides is 3. The summed E-state index contributed by atoms with van der Waals surface area (Å²) >= 11 is 0. The number of benzene rings is 2. The highest BCUT2D eigenvalue weighted by atomic mass is 19.4. The van der Waals surface area contributed by atoms with Gasteiger partial charge in [-0.15, -0.1) is 0 Å². The molecule has 0 aliphatic carbocycles. The molecule has 1 amide bonds. The molecule has 0 saturated carbocycles. The monoisotopic (exact) mass is 350 g/mol. The summed E-state index contributed by atoms with van der Waals surface area (Å²) in [6, 6.07) is 8.72. The fourth-order valence-electron chi connectivity index (χ4n) is 2.76. The van der Waals surface area contributed by atoms with Gasteiger partial charge in [0.1, 0.15) is 0 Å². The largest absolute Gasteiger partial charge is 0.416 e. The van der Waals surface area contributed by atoms with Crippen molar-refractivity contribution in [3.05, 3.63) is 58.7 Å². The van der Waals surface area contributed by atoms with Crippen molar-refractivity contribution < 1.29 is 18.0 Å². The van der Waals surface area contributed by atoms with E-state index in [1.807, 2.05) is 20.8 Å². The van der Waals surface area contributed by atoms with Gasteiger partial charge in [0.25, 0.3) is 0 Å². The SMILES string of the molecule is Cc1cc(C)c(NCCC(=O)Nc2cccc(C(F)(F)F)c2)c(C)c1. The Bertz CT molecular complexity index is 746. The van der Waals surface area contributed by atoms with E-state index in [0.717, 1.165) is 28.9 Å². The van der Waals surface area contributed by atoms with Crippen LogP contribution < -0.4 is 10.6 Å². The first-order valence-corrected chi connectivity index (χ1v) is 7.95. The maximum atomic E-state index is 12.7. The number of hydrogen-bond acceptors (Lipinski definition) is 2. The van der Waals surface area contributed by atoms with Gasteiger partial charge in [0.2, 0.25) is 5.91 Å². The van der Waals surface area contributed by atoms with Crippen LogP contribution in [0.1, 0.15) is 28.7 Å². The highest BCUT2D eigenvalue weighted by Crippen LogP contribution is 2.30. The fraction of sp³-hybridized carbons (Fsp3) is 0.316. The van der Waals surface area contributed by atoms with Crippen LogP contribution in [-0.4, -0.2) is 12.5 Å². The molecule has 0 fully saturated rings. The number of halogens is 3. The third-order valence-corrected chi connectivity index (χ3v) is 3.80. The molecule has 2 aromatic rings. The van der Waals surface area contributed by atoms with E-state index in [0.29, 0.717) is 6.54 Å². The Hall–Kier alpha value is -2.50. The predicted molar refractivity (Wildman–Crippen MR) is 93.8 cm³/mol. The van der Waals surface area contributed by atoms with Crippen molar-refractivity contribution in [1.29, 1.82) is 0 Å². The molecule has 134 valence electrons. The number of amides is 1. The van der Waals surface area contributed by atoms with Crippen LogP contribution in [0.25, 0.3) is 0 Å². The molecule has 0 aromatic heterocycles. The summed E-state index contributed by atoms with van der Waals surface area (Å²) in [5.41, 5.74) is 3.70. The van der Waals surface area contributed by atoms with Gasteiger partial charge in [-0.3, -0.25) is 4.79 Å². The van der Waals surface area contributed by atoms with E-state index in [-0.39, 0.29) is 18.0 Å². The number of aryl methyl sites for hydroxylation is 3. The molecule has 0 unspecified atom stereocenters. The van der Waals surface area contributed by atoms with Gasteiger partial charge in [-0.05, 0) is 50.1 Å². The van der Waals surface area contributed by atoms with Gasteiger partial charge in [-0.25, -0.2) is 0 Å². The molecular weight excluding hydrogens is 329 g/mol. The summed E-state index contributed by atoms with van der Waals surface area (Å²) in [7, 11) is 0. The first-order chi connectivity index (χ1) is 11.7. The average molecular weight is 350 g/mol. The Labute approximate surface area is 145 Å². The van der Waals surface area contributed by atoms with Crippen LogP contribution in [-0.2, 0) is 11.0 Å². The van der Waals surface area contributed by atoms with E-state index < -0.39 is 11.7 Å². The molecule has 0 bridgehead atoms. The standard InChI is InChI=1S/C19H21F3N2O/c1-12-9-13(2)18(14(3)10-12)23-8-7-17(25)24-16-6-4-5-15(11-16)19(20,21)22/h4-6,9-11,23H,7-8H2,1-3H3,(H,24,25). The van der Waals surface area contributed by atoms with E-state index in [4.69, 9.17) is 0 Å². The Kier molecular flexibility index (Phi) is 5.72. The molecule has 2 N–H and O–H groups in total. The van der Waals surface area contributed by atoms with Crippen LogP contribution in [0.5, 0.6) is 0 Å². The minimum absolute atomic E-state index is 0.141. The van der Waals surface area contributed by atoms with Crippen molar-refractivity contribution in [2.45, 2.75) is 33.4 Å². The summed E-state index contributed by atoms with van der Waals surface area (Å²) in [5.74, 6) is -0.339. The average Bonchev–Trinajstić information content (AvgIpc) is 2.49. The molecule has 3 nitrogen and oxygen atoms in total. The second kappa shape index (κ2) is 7.59. The molecule has 0 radical (unpaired) electrons. The topological polar surface area (TPSA) is 41.1 Å². The van der Waals surface area contributed by atoms with Gasteiger partial charge < -0.3 is 10.6 Å². The third-order valence-electron chi connectivity index (χ3n) is 3.80. The highest BCUT2D eigenvalue weighted by Gasteiger charge is 2.30. The maximum Gasteiger partial charge on any atom is 0.416 e. The highest BCUT2D eigenvalue weighted by molar-refractivity contribution is 5.91. The minimum Gasteiger partial charge on any atom is -0.384 e. The quantitative estimate of drug-likeness (QED) is 0.790. The van der Waals surface area contributed by atoms with Crippen LogP contribution in [0.2, 0.25) is 0 Å². The number of rotatable bonds is 5. The second-order valence-corrected chi connectivity index (χ2v) is 6.08. The van der Waals surface area contributed by atoms with E-state index >= 15 is 0 Å². The van der Waals surface area contributed by atoms with Gasteiger partial charge in [-0.2, -0.15) is 13.2 Å². The summed E-state index contributed by atoms with van der Waals surface area (Å²) in [5, 5.41) is 5.72. The molecule has 0 heterocycles. The van der Waals surface area contributed by atoms with Crippen LogP contribution in [0.4, 0.5) is 24.5 Å². The number of nitrogens with one attached hydrogen (secondary N) is 2. The molecule has 0 atom stereocenters. The first kappa shape index (κ1) is 18.8. The number of anilines is 2. The normalized spacial score (nSPS) is 11.3. The Morgan fingerprint density at radius 2 is 1.68 bits per heavy atom. The lowest BCUT2D eigenvalue weighted by Crippen LogP contribution is -2.17. The smallest absolute Gasteiger partial charge is 0.384 e. The van der Waals surface area contributed by atoms with Crippen molar-refractivity contribution in [1.82, 2.24) is 0 Å². The molecule has 0 aliphatic heterocycles. The molecule has 0 saturated heterocycles. The zero-order valence-electron chi connectivity index (χ0n) is 14.4. The Morgan fingerprint density at radius 3 is 2.28 bits per heavy atom. The number of hydrogen-bond donors (Lipinski definition) is 2. The van der Waals surface area contributed by atoms with Gasteiger partial charge in [0, 0.05) is 24.3 Å². The molecule has 0 spiro atoms. The van der Waals surface area contributed by atoms with Crippen LogP contribution in [0.3, 0.4) is 0 Å². The second-order valence-electron chi connectivity index (χ2n) is 6.08. The van der Waals surface area contributed by atoms with E-state index in [9.17, 15) is 18.0 Å². The molecule has 2 rings (SSSR count). The van der Waals surface area contributed by atoms with Crippen LogP contribution in [0.15, 0.2) is 36.4 Å². The maximum absolute atomic E-state index is 12.7. The van der Waals surface area contributed by atoms with E-state index in [2.05, 4.69) is 22.8 Å². The lowest BCUT2D eigenvalue weighted by atomic mass is 10.1. The van der Waals surface area contributed by atoms with Crippen LogP contribution >= 0.6 is 0 Å². The van der Waals surface area contributed by atoms with E-state index in [1.165, 1.54) is 17.7 Å². The molecular formula is C19H21F3N2O. The van der Waals surface area contributed by atoms with Gasteiger partial charge in [0.05, 0.1) is 5.56 Å². The number of carbonyl (C=O) groups excluding carboxylic acids is 1. The van der Waals surface area contributed by atoms with Crippen molar-refractivity contribution in [2.75, 3.05) is 17.2 Å². The summed E-state index contributed by atoms with van der Waals surface area (Å²) in [6.45, 7) is 6.40. The van der Waals surface area contributed by atoms with Crippen molar-refractivity contribution in [3.8, 4) is 0 Å². The van der Waals surface area contributed by atoms with E-state index in [1.54, 1.807) is 0 Å². The van der Waals surface area contributed by atoms with Crippen LogP contribution in [0, 0.1) is 20.8 Å². The van der Waals surface area contributed by atoms with Crippen molar-refractivity contribution in [2.24, 2.45) is 0 Å². The Balaban J connectivity index is 1.92. The van der Waals surface area contributed by atoms with Gasteiger partial charge in [0.15, 0.2) is 0 Å². The molecule has 2 aromatic carbocycles. The Morgan fingerprint density at radius 1 is 1.04 bits per heavy atom. The zero-order chi connectivity index (χ0) is 18.6. The third kappa shape index (κ3) is 5.24. The van der Waals surface area contributed by atoms with Gasteiger partial charge >= 0.3 is 6.18 Å². The lowest BCUT2D eigenvalue weighted by Gasteiger charge is -2.14. The molecule has 6 heteroatoms. The zero-order valence-corrected chi connectivity index (χ0v) is 14.4. The summed E-state index contributed by atoms with van der Waals surface area (Å²) in [4.78, 5) is 12.0. The van der Waals surface area contributed by atoms with Gasteiger partial charge in [-0.1, -0.05) is 23.8 Å². The fourth-order valence-corrected chi connectivity index (χ4v) is 2.76. The van der Waals surface area contributed by atoms with Crippen molar-refractivity contribution in [3.63, 3.8) is 0 Å². The first-order valence-electron chi connectivity index (χ1n) is 7.95. The number of carbonyl (C=O) groups is 1. The van der Waals surface area contributed by atoms with Crippen molar-refractivity contribution >= 4 is 17.3 Å². The molecule has 0 aliphatic rings. The predicted octanol–water partition coefficient (Wildman–Crippen LogP) is 5.07. The minimum atomic E-state index is -4.43. The summed E-state index contributed by atoms with van der Waals surface area (Å²) in [6.07, 6.45) is -4.27. The molecule has 25 heavy (non-hydrogen) atoms.